The van der Waals surface area contributed by atoms with Gasteiger partial charge in [-0.05, 0) is 58.1 Å². The molecule has 0 aliphatic carbocycles. The summed E-state index contributed by atoms with van der Waals surface area (Å²) in [5.74, 6) is 1.35. The molecule has 0 radical (unpaired) electrons. The molecule has 13 heteroatoms. The van der Waals surface area contributed by atoms with Gasteiger partial charge in [-0.1, -0.05) is 68.3 Å². The number of fused-ring (bicyclic) bond motifs is 1. The van der Waals surface area contributed by atoms with Crippen molar-refractivity contribution in [1.29, 1.82) is 0 Å². The first-order valence-electron chi connectivity index (χ1n) is 17.1. The lowest BCUT2D eigenvalue weighted by atomic mass is 10.1. The zero-order valence-corrected chi connectivity index (χ0v) is 30.8. The smallest absolute Gasteiger partial charge is 0.433 e. The van der Waals surface area contributed by atoms with Crippen LogP contribution in [0.4, 0.5) is 23.7 Å². The number of hydrogen-bond donors (Lipinski definition) is 1. The van der Waals surface area contributed by atoms with Crippen molar-refractivity contribution in [3.05, 3.63) is 70.6 Å². The van der Waals surface area contributed by atoms with E-state index in [0.717, 1.165) is 73.2 Å². The maximum Gasteiger partial charge on any atom is 0.433 e. The van der Waals surface area contributed by atoms with Crippen LogP contribution in [0.1, 0.15) is 71.2 Å². The predicted molar refractivity (Wildman–Crippen MR) is 193 cm³/mol. The molecule has 0 unspecified atom stereocenters. The van der Waals surface area contributed by atoms with Crippen LogP contribution in [0.15, 0.2) is 48.8 Å². The molecule has 9 nitrogen and oxygen atoms in total. The van der Waals surface area contributed by atoms with E-state index < -0.39 is 17.5 Å². The fourth-order valence-corrected chi connectivity index (χ4v) is 5.72. The van der Waals surface area contributed by atoms with Crippen LogP contribution in [0.25, 0.3) is 22.6 Å². The summed E-state index contributed by atoms with van der Waals surface area (Å²) in [5, 5.41) is 0.548. The molecule has 1 aliphatic heterocycles. The van der Waals surface area contributed by atoms with Crippen LogP contribution in [-0.2, 0) is 17.5 Å². The van der Waals surface area contributed by atoms with E-state index in [9.17, 15) is 18.0 Å². The molecule has 1 N–H and O–H groups in total. The Bertz CT molecular complexity index is 1680. The van der Waals surface area contributed by atoms with Crippen molar-refractivity contribution in [2.24, 2.45) is 5.92 Å². The summed E-state index contributed by atoms with van der Waals surface area (Å²) in [4.78, 5) is 34.1. The lowest BCUT2D eigenvalue weighted by Gasteiger charge is -2.36. The highest BCUT2D eigenvalue weighted by Gasteiger charge is 2.32. The molecule has 1 saturated heterocycles. The van der Waals surface area contributed by atoms with Crippen molar-refractivity contribution < 1.29 is 22.7 Å². The molecule has 0 saturated carbocycles. The Morgan fingerprint density at radius 3 is 2.24 bits per heavy atom. The number of H-pyrrole nitrogens is 1. The number of alkyl halides is 3. The number of piperazine rings is 1. The van der Waals surface area contributed by atoms with Crippen LogP contribution in [-0.4, -0.2) is 80.7 Å². The van der Waals surface area contributed by atoms with Gasteiger partial charge in [0.1, 0.15) is 22.6 Å². The first-order chi connectivity index (χ1) is 23.5. The van der Waals surface area contributed by atoms with E-state index in [0.29, 0.717) is 36.2 Å². The van der Waals surface area contributed by atoms with Crippen molar-refractivity contribution in [3.63, 3.8) is 0 Å². The second-order valence-electron chi connectivity index (χ2n) is 14.1. The molecule has 1 aliphatic rings. The highest BCUT2D eigenvalue weighted by Crippen LogP contribution is 2.34. The Hall–Kier alpha value is -3.90. The zero-order valence-electron chi connectivity index (χ0n) is 30.1. The van der Waals surface area contributed by atoms with E-state index in [4.69, 9.17) is 16.3 Å². The first-order valence-corrected chi connectivity index (χ1v) is 17.5. The van der Waals surface area contributed by atoms with E-state index in [1.807, 2.05) is 56.9 Å². The van der Waals surface area contributed by atoms with E-state index in [1.54, 1.807) is 6.20 Å². The van der Waals surface area contributed by atoms with Gasteiger partial charge >= 0.3 is 12.3 Å². The largest absolute Gasteiger partial charge is 0.444 e. The molecule has 4 aromatic rings. The number of aromatic amines is 1. The minimum Gasteiger partial charge on any atom is -0.444 e. The summed E-state index contributed by atoms with van der Waals surface area (Å²) in [6, 6.07) is 10.6. The molecule has 1 amide bonds. The number of nitrogens with one attached hydrogen (secondary N) is 1. The highest BCUT2D eigenvalue weighted by atomic mass is 35.5. The number of ether oxygens (including phenoxy) is 1. The molecule has 50 heavy (non-hydrogen) atoms. The van der Waals surface area contributed by atoms with Crippen LogP contribution < -0.4 is 4.90 Å². The van der Waals surface area contributed by atoms with E-state index in [1.165, 1.54) is 17.8 Å². The number of amides is 1. The number of carbonyl (C=O) groups excluding carboxylic acids is 1. The number of aromatic nitrogens is 4. The zero-order chi connectivity index (χ0) is 36.6. The van der Waals surface area contributed by atoms with E-state index in [2.05, 4.69) is 50.5 Å². The van der Waals surface area contributed by atoms with Gasteiger partial charge < -0.3 is 19.5 Å². The lowest BCUT2D eigenvalue weighted by Crippen LogP contribution is -2.46. The van der Waals surface area contributed by atoms with Gasteiger partial charge in [0.2, 0.25) is 0 Å². The summed E-state index contributed by atoms with van der Waals surface area (Å²) < 4.78 is 43.6. The normalized spacial score (nSPS) is 14.1. The number of hydrogen-bond acceptors (Lipinski definition) is 7. The number of pyridine rings is 2. The fraction of sp³-hybridized carbons (Fsp3) is 0.514. The van der Waals surface area contributed by atoms with Gasteiger partial charge in [0.05, 0.1) is 16.9 Å². The Labute approximate surface area is 298 Å². The number of carbonyl (C=O) groups is 1. The summed E-state index contributed by atoms with van der Waals surface area (Å²) in [7, 11) is 0. The molecule has 0 spiro atoms. The Kier molecular flexibility index (Phi) is 13.1. The number of nitrogens with zero attached hydrogens (tertiary/aromatic N) is 6. The summed E-state index contributed by atoms with van der Waals surface area (Å²) in [6.45, 7) is 19.2. The van der Waals surface area contributed by atoms with Gasteiger partial charge in [-0.15, -0.1) is 0 Å². The standard InChI is InChI=1S/C24H22ClF3N6.C13H27NO2/c1-15-2-5-17(6-3-15)22-31-20-21(18(25)13-30-23(20)32-22)34-10-8-33(9-11-34)14-16-4-7-19(29-12-16)24(26,27)28;1-7-9-14(10-8-11(2)3)12(15)16-13(4,5)6/h2-7,12-13H,8-11,14H2,1H3,(H,30,31,32);11H,7-10H2,1-6H3. The van der Waals surface area contributed by atoms with Crippen LogP contribution in [0.3, 0.4) is 0 Å². The Morgan fingerprint density at radius 1 is 1.00 bits per heavy atom. The van der Waals surface area contributed by atoms with Gasteiger partial charge in [-0.2, -0.15) is 13.2 Å². The molecule has 5 rings (SSSR count). The molecule has 0 bridgehead atoms. The molecule has 272 valence electrons. The maximum atomic E-state index is 12.7. The van der Waals surface area contributed by atoms with Crippen LogP contribution in [0, 0.1) is 12.8 Å². The van der Waals surface area contributed by atoms with Crippen molar-refractivity contribution in [2.75, 3.05) is 44.2 Å². The van der Waals surface area contributed by atoms with Gasteiger partial charge in [0.25, 0.3) is 0 Å². The van der Waals surface area contributed by atoms with Gasteiger partial charge in [-0.25, -0.2) is 14.8 Å². The number of halogens is 4. The molecule has 0 atom stereocenters. The minimum atomic E-state index is -4.43. The fourth-order valence-electron chi connectivity index (χ4n) is 5.46. The first kappa shape index (κ1) is 38.9. The third-order valence-electron chi connectivity index (χ3n) is 8.10. The van der Waals surface area contributed by atoms with Gasteiger partial charge in [0, 0.05) is 57.6 Å². The molecule has 3 aromatic heterocycles. The molecular formula is C37H49ClF3N7O2. The van der Waals surface area contributed by atoms with Crippen molar-refractivity contribution in [1.82, 2.24) is 29.7 Å². The Morgan fingerprint density at radius 2 is 1.68 bits per heavy atom. The average molecular weight is 716 g/mol. The second-order valence-corrected chi connectivity index (χ2v) is 14.5. The average Bonchev–Trinajstić information content (AvgIpc) is 3.47. The van der Waals surface area contributed by atoms with Gasteiger partial charge in [-0.3, -0.25) is 9.88 Å². The van der Waals surface area contributed by atoms with E-state index >= 15 is 0 Å². The Balaban J connectivity index is 0.000000299. The predicted octanol–water partition coefficient (Wildman–Crippen LogP) is 9.00. The molecule has 1 fully saturated rings. The van der Waals surface area contributed by atoms with Gasteiger partial charge in [0.15, 0.2) is 5.65 Å². The van der Waals surface area contributed by atoms with Crippen LogP contribution in [0.2, 0.25) is 5.02 Å². The quantitative estimate of drug-likeness (QED) is 0.185. The highest BCUT2D eigenvalue weighted by molar-refractivity contribution is 6.34. The number of imidazole rings is 1. The molecular weight excluding hydrogens is 667 g/mol. The topological polar surface area (TPSA) is 90.5 Å². The van der Waals surface area contributed by atoms with Crippen molar-refractivity contribution in [3.8, 4) is 11.4 Å². The van der Waals surface area contributed by atoms with E-state index in [-0.39, 0.29) is 6.09 Å². The minimum absolute atomic E-state index is 0.185. The second kappa shape index (κ2) is 16.9. The number of aryl methyl sites for hydroxylation is 1. The summed E-state index contributed by atoms with van der Waals surface area (Å²) >= 11 is 6.56. The van der Waals surface area contributed by atoms with Crippen molar-refractivity contribution >= 4 is 34.5 Å². The van der Waals surface area contributed by atoms with Crippen molar-refractivity contribution in [2.45, 2.75) is 79.6 Å². The number of benzene rings is 1. The third-order valence-corrected chi connectivity index (χ3v) is 8.38. The summed E-state index contributed by atoms with van der Waals surface area (Å²) in [5.41, 5.74) is 3.89. The molecule has 4 heterocycles. The third kappa shape index (κ3) is 11.1. The summed E-state index contributed by atoms with van der Waals surface area (Å²) in [6.07, 6.45) is 0.312. The maximum absolute atomic E-state index is 12.7. The monoisotopic (exact) mass is 715 g/mol. The number of anilines is 1. The lowest BCUT2D eigenvalue weighted by molar-refractivity contribution is -0.141. The molecule has 1 aromatic carbocycles. The van der Waals surface area contributed by atoms with Crippen LogP contribution >= 0.6 is 11.6 Å². The number of rotatable bonds is 9. The van der Waals surface area contributed by atoms with Crippen LogP contribution in [0.5, 0.6) is 0 Å². The SMILES string of the molecule is CCCN(CCC(C)C)C(=O)OC(C)(C)C.Cc1ccc(-c2nc3ncc(Cl)c(N4CCN(Cc5ccc(C(F)(F)F)nc5)CC4)c3[nH]2)cc1.